The van der Waals surface area contributed by atoms with Gasteiger partial charge in [-0.1, -0.05) is 37.1 Å². The molecule has 2 aromatic rings. The second kappa shape index (κ2) is 5.72. The summed E-state index contributed by atoms with van der Waals surface area (Å²) in [6, 6.07) is 9.72. The minimum atomic E-state index is -0.989. The molecule has 2 N–H and O–H groups in total. The molecule has 0 radical (unpaired) electrons. The summed E-state index contributed by atoms with van der Waals surface area (Å²) in [5, 5.41) is 14.6. The molecule has 1 aliphatic carbocycles. The highest BCUT2D eigenvalue weighted by molar-refractivity contribution is 5.97. The van der Waals surface area contributed by atoms with Gasteiger partial charge in [0.25, 0.3) is 0 Å². The Balaban J connectivity index is 1.97. The van der Waals surface area contributed by atoms with Crippen LogP contribution in [0.1, 0.15) is 43.1 Å². The van der Waals surface area contributed by atoms with Crippen LogP contribution in [0.15, 0.2) is 30.3 Å². The number of pyridine rings is 1. The summed E-state index contributed by atoms with van der Waals surface area (Å²) in [6.07, 6.45) is 5.06. The molecule has 1 aliphatic rings. The van der Waals surface area contributed by atoms with Crippen molar-refractivity contribution >= 4 is 22.6 Å². The summed E-state index contributed by atoms with van der Waals surface area (Å²) in [4.78, 5) is 15.5. The zero-order valence-electron chi connectivity index (χ0n) is 12.2. The quantitative estimate of drug-likeness (QED) is 0.893. The van der Waals surface area contributed by atoms with Crippen LogP contribution in [0.4, 0.5) is 5.82 Å². The average molecular weight is 284 g/mol. The second-order valence-corrected chi connectivity index (χ2v) is 5.86. The van der Waals surface area contributed by atoms with Crippen LogP contribution in [0.2, 0.25) is 0 Å². The number of nitrogens with zero attached hydrogens (tertiary/aromatic N) is 1. The molecule has 1 aromatic heterocycles. The Morgan fingerprint density at radius 2 is 2.05 bits per heavy atom. The average Bonchev–Trinajstić information content (AvgIpc) is 3.01. The van der Waals surface area contributed by atoms with E-state index in [4.69, 9.17) is 0 Å². The molecule has 3 rings (SSSR count). The summed E-state index contributed by atoms with van der Waals surface area (Å²) in [5.41, 5.74) is 0.0924. The summed E-state index contributed by atoms with van der Waals surface area (Å²) in [6.45, 7) is 2.17. The van der Waals surface area contributed by atoms with Crippen LogP contribution in [-0.4, -0.2) is 22.1 Å². The lowest BCUT2D eigenvalue weighted by Gasteiger charge is -2.22. The molecule has 0 spiro atoms. The van der Waals surface area contributed by atoms with Gasteiger partial charge in [0.2, 0.25) is 0 Å². The maximum absolute atomic E-state index is 11.2. The smallest absolute Gasteiger partial charge is 0.354 e. The maximum Gasteiger partial charge on any atom is 0.354 e. The Morgan fingerprint density at radius 1 is 1.33 bits per heavy atom. The number of benzene rings is 1. The van der Waals surface area contributed by atoms with Gasteiger partial charge in [-0.15, -0.1) is 0 Å². The molecule has 0 amide bonds. The second-order valence-electron chi connectivity index (χ2n) is 5.86. The molecule has 1 atom stereocenters. The van der Waals surface area contributed by atoms with Crippen LogP contribution in [0.25, 0.3) is 10.8 Å². The fraction of sp³-hybridized carbons (Fsp3) is 0.412. The van der Waals surface area contributed by atoms with Gasteiger partial charge in [-0.3, -0.25) is 0 Å². The van der Waals surface area contributed by atoms with Crippen LogP contribution in [0, 0.1) is 5.92 Å². The molecule has 0 bridgehead atoms. The van der Waals surface area contributed by atoms with E-state index in [0.717, 1.165) is 10.8 Å². The topological polar surface area (TPSA) is 62.2 Å². The maximum atomic E-state index is 11.2. The van der Waals surface area contributed by atoms with Crippen molar-refractivity contribution < 1.29 is 9.90 Å². The lowest BCUT2D eigenvalue weighted by Crippen LogP contribution is -2.24. The summed E-state index contributed by atoms with van der Waals surface area (Å²) >= 11 is 0. The van der Waals surface area contributed by atoms with E-state index in [9.17, 15) is 9.90 Å². The van der Waals surface area contributed by atoms with Crippen molar-refractivity contribution in [1.29, 1.82) is 0 Å². The molecular weight excluding hydrogens is 264 g/mol. The van der Waals surface area contributed by atoms with Crippen molar-refractivity contribution in [3.05, 3.63) is 36.0 Å². The SMILES string of the molecule is CC(Nc1nc(C(=O)O)cc2ccccc12)C1CCCC1. The molecule has 21 heavy (non-hydrogen) atoms. The third kappa shape index (κ3) is 2.84. The number of hydrogen-bond acceptors (Lipinski definition) is 3. The van der Waals surface area contributed by atoms with Crippen molar-refractivity contribution in [3.63, 3.8) is 0 Å². The Hall–Kier alpha value is -2.10. The number of aromatic carboxylic acids is 1. The van der Waals surface area contributed by atoms with Gasteiger partial charge < -0.3 is 10.4 Å². The molecule has 1 unspecified atom stereocenters. The minimum Gasteiger partial charge on any atom is -0.477 e. The molecule has 4 nitrogen and oxygen atoms in total. The van der Waals surface area contributed by atoms with E-state index < -0.39 is 5.97 Å². The lowest BCUT2D eigenvalue weighted by molar-refractivity contribution is 0.0691. The Bertz CT molecular complexity index is 663. The molecule has 1 saturated carbocycles. The number of rotatable bonds is 4. The normalized spacial score (nSPS) is 17.0. The summed E-state index contributed by atoms with van der Waals surface area (Å²) in [7, 11) is 0. The highest BCUT2D eigenvalue weighted by atomic mass is 16.4. The van der Waals surface area contributed by atoms with Crippen LogP contribution < -0.4 is 5.32 Å². The molecule has 0 aliphatic heterocycles. The van der Waals surface area contributed by atoms with Gasteiger partial charge >= 0.3 is 5.97 Å². The largest absolute Gasteiger partial charge is 0.477 e. The van der Waals surface area contributed by atoms with Crippen molar-refractivity contribution in [2.24, 2.45) is 5.92 Å². The molecule has 4 heteroatoms. The molecule has 110 valence electrons. The van der Waals surface area contributed by atoms with Crippen LogP contribution in [-0.2, 0) is 0 Å². The fourth-order valence-corrected chi connectivity index (χ4v) is 3.21. The first-order chi connectivity index (χ1) is 10.1. The molecule has 0 saturated heterocycles. The van der Waals surface area contributed by atoms with Gasteiger partial charge in [-0.05, 0) is 37.1 Å². The standard InChI is InChI=1S/C17H20N2O2/c1-11(12-6-2-3-7-12)18-16-14-9-5-4-8-13(14)10-15(19-16)17(20)21/h4-5,8-12H,2-3,6-7H2,1H3,(H,18,19)(H,20,21). The predicted octanol–water partition coefficient (Wildman–Crippen LogP) is 3.92. The zero-order valence-corrected chi connectivity index (χ0v) is 12.2. The number of hydrogen-bond donors (Lipinski definition) is 2. The van der Waals surface area contributed by atoms with E-state index in [-0.39, 0.29) is 5.69 Å². The minimum absolute atomic E-state index is 0.0924. The summed E-state index contributed by atoms with van der Waals surface area (Å²) in [5.74, 6) is 0.348. The third-order valence-corrected chi connectivity index (χ3v) is 4.43. The van der Waals surface area contributed by atoms with Crippen molar-refractivity contribution in [2.75, 3.05) is 5.32 Å². The van der Waals surface area contributed by atoms with E-state index in [1.807, 2.05) is 24.3 Å². The number of anilines is 1. The fourth-order valence-electron chi connectivity index (χ4n) is 3.21. The molecule has 1 heterocycles. The van der Waals surface area contributed by atoms with Crippen LogP contribution >= 0.6 is 0 Å². The number of carboxylic acids is 1. The predicted molar refractivity (Wildman–Crippen MR) is 83.7 cm³/mol. The Labute approximate surface area is 124 Å². The van der Waals surface area contributed by atoms with Gasteiger partial charge in [-0.2, -0.15) is 0 Å². The molecule has 1 fully saturated rings. The van der Waals surface area contributed by atoms with E-state index in [1.165, 1.54) is 25.7 Å². The highest BCUT2D eigenvalue weighted by Gasteiger charge is 2.22. The number of carbonyl (C=O) groups is 1. The first-order valence-corrected chi connectivity index (χ1v) is 7.55. The van der Waals surface area contributed by atoms with Crippen molar-refractivity contribution in [3.8, 4) is 0 Å². The summed E-state index contributed by atoms with van der Waals surface area (Å²) < 4.78 is 0. The van der Waals surface area contributed by atoms with Crippen LogP contribution in [0.5, 0.6) is 0 Å². The van der Waals surface area contributed by atoms with E-state index in [2.05, 4.69) is 17.2 Å². The Kier molecular flexibility index (Phi) is 3.78. The van der Waals surface area contributed by atoms with Gasteiger partial charge in [0.15, 0.2) is 5.69 Å². The molecular formula is C17H20N2O2. The highest BCUT2D eigenvalue weighted by Crippen LogP contribution is 2.30. The monoisotopic (exact) mass is 284 g/mol. The van der Waals surface area contributed by atoms with Crippen LogP contribution in [0.3, 0.4) is 0 Å². The first-order valence-electron chi connectivity index (χ1n) is 7.55. The lowest BCUT2D eigenvalue weighted by atomic mass is 9.99. The van der Waals surface area contributed by atoms with E-state index in [1.54, 1.807) is 6.07 Å². The van der Waals surface area contributed by atoms with Gasteiger partial charge in [0.05, 0.1) is 0 Å². The van der Waals surface area contributed by atoms with E-state index >= 15 is 0 Å². The number of fused-ring (bicyclic) bond motifs is 1. The van der Waals surface area contributed by atoms with Gasteiger partial charge in [-0.25, -0.2) is 9.78 Å². The Morgan fingerprint density at radius 3 is 2.76 bits per heavy atom. The zero-order chi connectivity index (χ0) is 14.8. The van der Waals surface area contributed by atoms with Gasteiger partial charge in [0, 0.05) is 11.4 Å². The first kappa shape index (κ1) is 13.9. The van der Waals surface area contributed by atoms with E-state index in [0.29, 0.717) is 17.8 Å². The van der Waals surface area contributed by atoms with Gasteiger partial charge in [0.1, 0.15) is 5.82 Å². The number of nitrogens with one attached hydrogen (secondary N) is 1. The third-order valence-electron chi connectivity index (χ3n) is 4.43. The number of carboxylic acid groups (broad SMARTS) is 1. The number of aromatic nitrogens is 1. The van der Waals surface area contributed by atoms with Crippen molar-refractivity contribution in [1.82, 2.24) is 4.98 Å². The van der Waals surface area contributed by atoms with Crippen molar-refractivity contribution in [2.45, 2.75) is 38.6 Å². The molecule has 1 aromatic carbocycles.